The monoisotopic (exact) mass is 232 g/mol. The Bertz CT molecular complexity index is 884. The fourth-order valence-electron chi connectivity index (χ4n) is 2.76. The van der Waals surface area contributed by atoms with E-state index in [4.69, 9.17) is 4.42 Å². The van der Waals surface area contributed by atoms with Crippen molar-refractivity contribution in [2.75, 3.05) is 0 Å². The van der Waals surface area contributed by atoms with Gasteiger partial charge in [-0.3, -0.25) is 0 Å². The second-order valence-electron chi connectivity index (χ2n) is 4.71. The van der Waals surface area contributed by atoms with E-state index in [1.807, 2.05) is 12.1 Å². The van der Waals surface area contributed by atoms with Gasteiger partial charge in [-0.15, -0.1) is 0 Å². The van der Waals surface area contributed by atoms with Gasteiger partial charge in [0.25, 0.3) is 0 Å². The molecule has 0 fully saturated rings. The minimum Gasteiger partial charge on any atom is -0.456 e. The second-order valence-corrected chi connectivity index (χ2v) is 4.71. The lowest BCUT2D eigenvalue weighted by Gasteiger charge is -2.00. The van der Waals surface area contributed by atoms with Crippen molar-refractivity contribution >= 4 is 32.7 Å². The molecule has 4 aromatic rings. The minimum absolute atomic E-state index is 0.970. The van der Waals surface area contributed by atoms with Crippen molar-refractivity contribution in [1.29, 1.82) is 0 Å². The fourth-order valence-corrected chi connectivity index (χ4v) is 2.76. The molecule has 1 nitrogen and oxygen atoms in total. The smallest absolute Gasteiger partial charge is 0.136 e. The third-order valence-corrected chi connectivity index (χ3v) is 3.60. The lowest BCUT2D eigenvalue weighted by atomic mass is 10.0. The molecular weight excluding hydrogens is 220 g/mol. The summed E-state index contributed by atoms with van der Waals surface area (Å²) >= 11 is 0. The van der Waals surface area contributed by atoms with E-state index in [2.05, 4.69) is 49.4 Å². The van der Waals surface area contributed by atoms with Gasteiger partial charge in [-0.25, -0.2) is 0 Å². The molecule has 0 saturated carbocycles. The zero-order valence-corrected chi connectivity index (χ0v) is 10.1. The molecule has 0 aliphatic carbocycles. The highest BCUT2D eigenvalue weighted by atomic mass is 16.3. The molecule has 0 atom stereocenters. The van der Waals surface area contributed by atoms with Gasteiger partial charge in [0, 0.05) is 10.8 Å². The molecule has 4 rings (SSSR count). The number of hydrogen-bond acceptors (Lipinski definition) is 1. The number of fused-ring (bicyclic) bond motifs is 5. The van der Waals surface area contributed by atoms with Crippen LogP contribution in [0.4, 0.5) is 0 Å². The highest BCUT2D eigenvalue weighted by Gasteiger charge is 2.11. The Morgan fingerprint density at radius 3 is 2.50 bits per heavy atom. The topological polar surface area (TPSA) is 13.1 Å². The van der Waals surface area contributed by atoms with Gasteiger partial charge in [0.2, 0.25) is 0 Å². The average molecular weight is 232 g/mol. The minimum atomic E-state index is 0.970. The summed E-state index contributed by atoms with van der Waals surface area (Å²) in [7, 11) is 0. The molecule has 1 aromatic heterocycles. The molecule has 86 valence electrons. The SMILES string of the molecule is Cc1cccc2oc3ccc4ccccc4c3c12. The maximum Gasteiger partial charge on any atom is 0.136 e. The Morgan fingerprint density at radius 2 is 1.56 bits per heavy atom. The first-order chi connectivity index (χ1) is 8.84. The van der Waals surface area contributed by atoms with Crippen LogP contribution in [0.25, 0.3) is 32.7 Å². The first-order valence-electron chi connectivity index (χ1n) is 6.14. The lowest BCUT2D eigenvalue weighted by Crippen LogP contribution is -1.76. The Morgan fingerprint density at radius 1 is 0.722 bits per heavy atom. The zero-order chi connectivity index (χ0) is 12.1. The standard InChI is InChI=1S/C17H12O/c1-11-5-4-8-14-16(11)17-13-7-3-2-6-12(13)9-10-15(17)18-14/h2-10H,1H3. The van der Waals surface area contributed by atoms with Crippen LogP contribution in [0, 0.1) is 6.92 Å². The van der Waals surface area contributed by atoms with Crippen molar-refractivity contribution < 1.29 is 4.42 Å². The van der Waals surface area contributed by atoms with Crippen LogP contribution in [0.3, 0.4) is 0 Å². The molecule has 0 radical (unpaired) electrons. The van der Waals surface area contributed by atoms with Gasteiger partial charge in [0.1, 0.15) is 11.2 Å². The Balaban J connectivity index is 2.40. The Kier molecular flexibility index (Phi) is 1.81. The van der Waals surface area contributed by atoms with Crippen LogP contribution in [0.1, 0.15) is 5.56 Å². The lowest BCUT2D eigenvalue weighted by molar-refractivity contribution is 0.669. The molecule has 0 spiro atoms. The molecule has 0 unspecified atom stereocenters. The van der Waals surface area contributed by atoms with Crippen molar-refractivity contribution in [2.24, 2.45) is 0 Å². The van der Waals surface area contributed by atoms with Gasteiger partial charge >= 0.3 is 0 Å². The predicted molar refractivity (Wildman–Crippen MR) is 76.0 cm³/mol. The molecule has 0 N–H and O–H groups in total. The summed E-state index contributed by atoms with van der Waals surface area (Å²) < 4.78 is 5.94. The van der Waals surface area contributed by atoms with E-state index in [0.29, 0.717) is 0 Å². The van der Waals surface area contributed by atoms with Gasteiger partial charge < -0.3 is 4.42 Å². The van der Waals surface area contributed by atoms with E-state index in [1.54, 1.807) is 0 Å². The van der Waals surface area contributed by atoms with Crippen LogP contribution in [0.15, 0.2) is 59.0 Å². The quantitative estimate of drug-likeness (QED) is 0.413. The Labute approximate surface area is 105 Å². The second kappa shape index (κ2) is 3.36. The summed E-state index contributed by atoms with van der Waals surface area (Å²) in [5, 5.41) is 5.00. The number of furan rings is 1. The van der Waals surface area contributed by atoms with E-state index < -0.39 is 0 Å². The van der Waals surface area contributed by atoms with Crippen molar-refractivity contribution in [3.05, 3.63) is 60.2 Å². The molecule has 18 heavy (non-hydrogen) atoms. The summed E-state index contributed by atoms with van der Waals surface area (Å²) in [6.07, 6.45) is 0. The summed E-state index contributed by atoms with van der Waals surface area (Å²) in [6.45, 7) is 2.14. The summed E-state index contributed by atoms with van der Waals surface area (Å²) in [5.74, 6) is 0. The number of rotatable bonds is 0. The third-order valence-electron chi connectivity index (χ3n) is 3.60. The van der Waals surface area contributed by atoms with Gasteiger partial charge in [-0.05, 0) is 35.4 Å². The van der Waals surface area contributed by atoms with E-state index in [9.17, 15) is 0 Å². The van der Waals surface area contributed by atoms with Crippen LogP contribution in [-0.2, 0) is 0 Å². The van der Waals surface area contributed by atoms with Crippen molar-refractivity contribution in [2.45, 2.75) is 6.92 Å². The van der Waals surface area contributed by atoms with E-state index in [-0.39, 0.29) is 0 Å². The third kappa shape index (κ3) is 1.16. The molecule has 1 heterocycles. The van der Waals surface area contributed by atoms with Crippen molar-refractivity contribution in [1.82, 2.24) is 0 Å². The molecule has 3 aromatic carbocycles. The predicted octanol–water partition coefficient (Wildman–Crippen LogP) is 5.05. The molecule has 1 heteroatoms. The normalized spacial score (nSPS) is 11.6. The van der Waals surface area contributed by atoms with Gasteiger partial charge in [0.05, 0.1) is 0 Å². The molecule has 0 amide bonds. The molecule has 0 aliphatic heterocycles. The number of benzene rings is 3. The van der Waals surface area contributed by atoms with Crippen molar-refractivity contribution in [3.8, 4) is 0 Å². The first kappa shape index (κ1) is 9.72. The van der Waals surface area contributed by atoms with Crippen LogP contribution >= 0.6 is 0 Å². The van der Waals surface area contributed by atoms with Gasteiger partial charge in [0.15, 0.2) is 0 Å². The summed E-state index contributed by atoms with van der Waals surface area (Å²) in [6, 6.07) is 18.9. The molecule has 0 bridgehead atoms. The van der Waals surface area contributed by atoms with Crippen molar-refractivity contribution in [3.63, 3.8) is 0 Å². The first-order valence-corrected chi connectivity index (χ1v) is 6.14. The summed E-state index contributed by atoms with van der Waals surface area (Å²) in [4.78, 5) is 0. The van der Waals surface area contributed by atoms with Crippen LogP contribution in [0.5, 0.6) is 0 Å². The molecular formula is C17H12O. The highest BCUT2D eigenvalue weighted by molar-refractivity contribution is 6.19. The summed E-state index contributed by atoms with van der Waals surface area (Å²) in [5.41, 5.74) is 3.21. The van der Waals surface area contributed by atoms with Gasteiger partial charge in [-0.2, -0.15) is 0 Å². The van der Waals surface area contributed by atoms with E-state index in [1.165, 1.54) is 27.1 Å². The fraction of sp³-hybridized carbons (Fsp3) is 0.0588. The maximum absolute atomic E-state index is 5.94. The highest BCUT2D eigenvalue weighted by Crippen LogP contribution is 2.35. The van der Waals surface area contributed by atoms with Crippen LogP contribution in [-0.4, -0.2) is 0 Å². The molecule has 0 saturated heterocycles. The average Bonchev–Trinajstić information content (AvgIpc) is 2.79. The van der Waals surface area contributed by atoms with Gasteiger partial charge in [-0.1, -0.05) is 42.5 Å². The number of aryl methyl sites for hydroxylation is 1. The van der Waals surface area contributed by atoms with E-state index in [0.717, 1.165) is 11.2 Å². The number of hydrogen-bond donors (Lipinski definition) is 0. The van der Waals surface area contributed by atoms with Crippen LogP contribution < -0.4 is 0 Å². The zero-order valence-electron chi connectivity index (χ0n) is 10.1. The molecule has 0 aliphatic rings. The van der Waals surface area contributed by atoms with E-state index >= 15 is 0 Å². The van der Waals surface area contributed by atoms with Crippen LogP contribution in [0.2, 0.25) is 0 Å². The largest absolute Gasteiger partial charge is 0.456 e. The Hall–Kier alpha value is -2.28. The maximum atomic E-state index is 5.94.